The van der Waals surface area contributed by atoms with Crippen LogP contribution in [0.15, 0.2) is 73.1 Å². The van der Waals surface area contributed by atoms with Crippen LogP contribution in [-0.4, -0.2) is 40.3 Å². The maximum atomic E-state index is 13.6. The van der Waals surface area contributed by atoms with Crippen LogP contribution in [0.5, 0.6) is 5.75 Å². The molecule has 9 heteroatoms. The van der Waals surface area contributed by atoms with Gasteiger partial charge in [0.05, 0.1) is 24.2 Å². The average molecular weight is 474 g/mol. The molecule has 1 aliphatic rings. The summed E-state index contributed by atoms with van der Waals surface area (Å²) >= 11 is 0. The molecule has 8 nitrogen and oxygen atoms in total. The van der Waals surface area contributed by atoms with Gasteiger partial charge in [0.1, 0.15) is 42.5 Å². The topological polar surface area (TPSA) is 94.2 Å². The molecule has 0 radical (unpaired) electrons. The van der Waals surface area contributed by atoms with E-state index in [4.69, 9.17) is 19.2 Å². The molecular weight excluding hydrogens is 449 g/mol. The summed E-state index contributed by atoms with van der Waals surface area (Å²) < 4.78 is 30.2. The molecule has 4 aromatic rings. The van der Waals surface area contributed by atoms with Gasteiger partial charge in [0.2, 0.25) is 5.95 Å². The molecule has 0 amide bonds. The number of halogens is 1. The summed E-state index contributed by atoms with van der Waals surface area (Å²) in [5.74, 6) is 2.12. The number of benzene rings is 2. The summed E-state index contributed by atoms with van der Waals surface area (Å²) in [6.07, 6.45) is 1.29. The Bertz CT molecular complexity index is 1310. The zero-order valence-corrected chi connectivity index (χ0v) is 19.1. The van der Waals surface area contributed by atoms with Gasteiger partial charge in [0.25, 0.3) is 0 Å². The van der Waals surface area contributed by atoms with Crippen LogP contribution < -0.4 is 10.1 Å². The molecule has 1 atom stereocenters. The van der Waals surface area contributed by atoms with E-state index in [0.717, 1.165) is 16.9 Å². The Morgan fingerprint density at radius 2 is 1.91 bits per heavy atom. The van der Waals surface area contributed by atoms with Gasteiger partial charge in [-0.3, -0.25) is 0 Å². The largest absolute Gasteiger partial charge is 0.497 e. The fourth-order valence-corrected chi connectivity index (χ4v) is 3.69. The number of rotatable bonds is 7. The summed E-state index contributed by atoms with van der Waals surface area (Å²) in [5.41, 5.74) is 3.75. The molecule has 0 aliphatic carbocycles. The van der Waals surface area contributed by atoms with Crippen LogP contribution in [0.3, 0.4) is 0 Å². The zero-order valence-electron chi connectivity index (χ0n) is 19.1. The van der Waals surface area contributed by atoms with Gasteiger partial charge in [-0.05, 0) is 48.0 Å². The molecule has 2 aromatic carbocycles. The molecular formula is C26H24FN5O3. The molecule has 0 saturated carbocycles. The molecule has 1 unspecified atom stereocenters. The van der Waals surface area contributed by atoms with Gasteiger partial charge in [-0.2, -0.15) is 0 Å². The van der Waals surface area contributed by atoms with Crippen molar-refractivity contribution in [2.75, 3.05) is 25.6 Å². The van der Waals surface area contributed by atoms with E-state index in [1.54, 1.807) is 31.5 Å². The van der Waals surface area contributed by atoms with E-state index in [2.05, 4.69) is 26.8 Å². The fourth-order valence-electron chi connectivity index (χ4n) is 3.69. The van der Waals surface area contributed by atoms with Gasteiger partial charge in [-0.15, -0.1) is 0 Å². The first-order chi connectivity index (χ1) is 17.1. The van der Waals surface area contributed by atoms with Gasteiger partial charge in [-0.1, -0.05) is 18.7 Å². The third kappa shape index (κ3) is 5.15. The molecule has 2 aromatic heterocycles. The van der Waals surface area contributed by atoms with E-state index < -0.39 is 0 Å². The van der Waals surface area contributed by atoms with Crippen molar-refractivity contribution in [1.29, 1.82) is 0 Å². The summed E-state index contributed by atoms with van der Waals surface area (Å²) in [6, 6.07) is 15.7. The van der Waals surface area contributed by atoms with Crippen LogP contribution in [0.25, 0.3) is 22.6 Å². The zero-order chi connectivity index (χ0) is 24.2. The monoisotopic (exact) mass is 473 g/mol. The lowest BCUT2D eigenvalue weighted by Gasteiger charge is -2.23. The smallest absolute Gasteiger partial charge is 0.223 e. The Hall–Kier alpha value is -4.24. The highest BCUT2D eigenvalue weighted by Gasteiger charge is 2.25. The Balaban J connectivity index is 1.44. The highest BCUT2D eigenvalue weighted by Crippen LogP contribution is 2.33. The number of imidazole rings is 1. The number of anilines is 1. The van der Waals surface area contributed by atoms with Crippen molar-refractivity contribution in [3.8, 4) is 28.4 Å². The van der Waals surface area contributed by atoms with E-state index in [0.29, 0.717) is 54.4 Å². The number of methoxy groups -OCH3 is 1. The van der Waals surface area contributed by atoms with Gasteiger partial charge in [0, 0.05) is 18.3 Å². The minimum Gasteiger partial charge on any atom is -0.497 e. The van der Waals surface area contributed by atoms with Crippen LogP contribution in [0.2, 0.25) is 0 Å². The Labute approximate surface area is 201 Å². The average Bonchev–Trinajstić information content (AvgIpc) is 3.34. The van der Waals surface area contributed by atoms with Crippen molar-refractivity contribution in [2.24, 2.45) is 0 Å². The number of aromatic amines is 1. The first-order valence-corrected chi connectivity index (χ1v) is 11.1. The molecule has 5 rings (SSSR count). The van der Waals surface area contributed by atoms with Crippen molar-refractivity contribution in [2.45, 2.75) is 12.6 Å². The van der Waals surface area contributed by atoms with Crippen molar-refractivity contribution in [3.05, 3.63) is 90.3 Å². The second-order valence-electron chi connectivity index (χ2n) is 7.97. The third-order valence-corrected chi connectivity index (χ3v) is 5.55. The van der Waals surface area contributed by atoms with Gasteiger partial charge in [-0.25, -0.2) is 19.3 Å². The normalized spacial score (nSPS) is 15.5. The van der Waals surface area contributed by atoms with E-state index in [1.165, 1.54) is 12.1 Å². The van der Waals surface area contributed by atoms with Crippen molar-refractivity contribution >= 4 is 5.95 Å². The van der Waals surface area contributed by atoms with E-state index in [-0.39, 0.29) is 11.9 Å². The number of nitrogens with zero attached hydrogens (tertiary/aromatic N) is 3. The van der Waals surface area contributed by atoms with Crippen LogP contribution in [0, 0.1) is 5.82 Å². The van der Waals surface area contributed by atoms with Gasteiger partial charge < -0.3 is 24.5 Å². The van der Waals surface area contributed by atoms with Crippen LogP contribution in [0.4, 0.5) is 10.3 Å². The SMILES string of the molecule is C=C1COC(c2nc(-c3ccc(F)cc3)c(-c3ccnc(NCc4ccc(OC)cc4)n3)[nH]2)CO1. The first kappa shape index (κ1) is 22.5. The summed E-state index contributed by atoms with van der Waals surface area (Å²) in [6.45, 7) is 4.92. The van der Waals surface area contributed by atoms with Crippen molar-refractivity contribution in [1.82, 2.24) is 19.9 Å². The predicted octanol–water partition coefficient (Wildman–Crippen LogP) is 4.90. The quantitative estimate of drug-likeness (QED) is 0.394. The Kier molecular flexibility index (Phi) is 6.40. The standard InChI is InChI=1S/C26H24FN5O3/c1-16-14-35-22(15-34-16)25-31-23(18-5-7-19(27)8-6-18)24(32-25)21-11-12-28-26(30-21)29-13-17-3-9-20(33-2)10-4-17/h3-12,22H,1,13-15H2,2H3,(H,31,32)(H,28,29,30). The first-order valence-electron chi connectivity index (χ1n) is 11.1. The van der Waals surface area contributed by atoms with E-state index in [9.17, 15) is 4.39 Å². The number of hydrogen-bond donors (Lipinski definition) is 2. The van der Waals surface area contributed by atoms with Gasteiger partial charge >= 0.3 is 0 Å². The third-order valence-electron chi connectivity index (χ3n) is 5.55. The number of ether oxygens (including phenoxy) is 3. The van der Waals surface area contributed by atoms with Crippen molar-refractivity contribution < 1.29 is 18.6 Å². The van der Waals surface area contributed by atoms with Crippen LogP contribution in [0.1, 0.15) is 17.5 Å². The maximum Gasteiger partial charge on any atom is 0.223 e. The molecule has 178 valence electrons. The highest BCUT2D eigenvalue weighted by molar-refractivity contribution is 5.77. The summed E-state index contributed by atoms with van der Waals surface area (Å²) in [5, 5.41) is 3.25. The predicted molar refractivity (Wildman–Crippen MR) is 129 cm³/mol. The number of H-pyrrole nitrogens is 1. The lowest BCUT2D eigenvalue weighted by molar-refractivity contribution is -0.0546. The summed E-state index contributed by atoms with van der Waals surface area (Å²) in [4.78, 5) is 17.1. The summed E-state index contributed by atoms with van der Waals surface area (Å²) in [7, 11) is 1.64. The number of hydrogen-bond acceptors (Lipinski definition) is 7. The van der Waals surface area contributed by atoms with Crippen molar-refractivity contribution in [3.63, 3.8) is 0 Å². The molecule has 35 heavy (non-hydrogen) atoms. The molecule has 1 fully saturated rings. The molecule has 3 heterocycles. The second kappa shape index (κ2) is 9.94. The number of aromatic nitrogens is 4. The van der Waals surface area contributed by atoms with E-state index in [1.807, 2.05) is 24.3 Å². The maximum absolute atomic E-state index is 13.6. The Morgan fingerprint density at radius 1 is 1.11 bits per heavy atom. The van der Waals surface area contributed by atoms with Crippen LogP contribution in [-0.2, 0) is 16.0 Å². The van der Waals surface area contributed by atoms with E-state index >= 15 is 0 Å². The fraction of sp³-hybridized carbons (Fsp3) is 0.192. The highest BCUT2D eigenvalue weighted by atomic mass is 19.1. The lowest BCUT2D eigenvalue weighted by atomic mass is 10.1. The molecule has 1 aliphatic heterocycles. The Morgan fingerprint density at radius 3 is 2.63 bits per heavy atom. The van der Waals surface area contributed by atoms with Crippen LogP contribution >= 0.6 is 0 Å². The molecule has 1 saturated heterocycles. The lowest BCUT2D eigenvalue weighted by Crippen LogP contribution is -2.21. The molecule has 0 spiro atoms. The second-order valence-corrected chi connectivity index (χ2v) is 7.97. The molecule has 0 bridgehead atoms. The number of nitrogens with one attached hydrogen (secondary N) is 2. The molecule has 2 N–H and O–H groups in total. The minimum absolute atomic E-state index is 0.291. The minimum atomic E-state index is -0.386. The van der Waals surface area contributed by atoms with Gasteiger partial charge in [0.15, 0.2) is 0 Å².